The zero-order valence-electron chi connectivity index (χ0n) is 12.4. The van der Waals surface area contributed by atoms with Gasteiger partial charge in [-0.2, -0.15) is 0 Å². The van der Waals surface area contributed by atoms with Crippen LogP contribution in [0, 0.1) is 0 Å². The molecule has 1 atom stereocenters. The Balaban J connectivity index is 1.74. The molecule has 2 rings (SSSR count). The molecule has 1 aliphatic rings. The van der Waals surface area contributed by atoms with E-state index in [1.165, 1.54) is 43.2 Å². The number of nitrogens with one attached hydrogen (secondary N) is 1. The molecule has 0 aliphatic heterocycles. The quantitative estimate of drug-likeness (QED) is 0.755. The van der Waals surface area contributed by atoms with Crippen LogP contribution in [0.3, 0.4) is 0 Å². The van der Waals surface area contributed by atoms with Crippen molar-refractivity contribution in [2.45, 2.75) is 58.4 Å². The second kappa shape index (κ2) is 7.54. The highest BCUT2D eigenvalue weighted by Crippen LogP contribution is 2.25. The fourth-order valence-corrected chi connectivity index (χ4v) is 2.83. The summed E-state index contributed by atoms with van der Waals surface area (Å²) in [6.45, 7) is 6.27. The summed E-state index contributed by atoms with van der Waals surface area (Å²) >= 11 is 0. The smallest absolute Gasteiger partial charge is 0.119 e. The molecule has 1 aliphatic carbocycles. The maximum Gasteiger partial charge on any atom is 0.119 e. The van der Waals surface area contributed by atoms with E-state index < -0.39 is 0 Å². The minimum atomic E-state index is 0.595. The van der Waals surface area contributed by atoms with Crippen LogP contribution < -0.4 is 10.1 Å². The van der Waals surface area contributed by atoms with E-state index in [4.69, 9.17) is 4.74 Å². The highest BCUT2D eigenvalue weighted by molar-refractivity contribution is 5.37. The zero-order chi connectivity index (χ0) is 13.5. The molecule has 0 amide bonds. The molecule has 1 aromatic carbocycles. The molecule has 1 N–H and O–H groups in total. The first-order chi connectivity index (χ1) is 9.29. The van der Waals surface area contributed by atoms with Gasteiger partial charge in [0, 0.05) is 6.04 Å². The van der Waals surface area contributed by atoms with Crippen molar-refractivity contribution in [2.75, 3.05) is 13.2 Å². The Morgan fingerprint density at radius 3 is 2.79 bits per heavy atom. The minimum Gasteiger partial charge on any atom is -0.494 e. The fourth-order valence-electron chi connectivity index (χ4n) is 2.83. The number of benzene rings is 1. The van der Waals surface area contributed by atoms with E-state index >= 15 is 0 Å². The van der Waals surface area contributed by atoms with Crippen molar-refractivity contribution in [1.29, 1.82) is 0 Å². The summed E-state index contributed by atoms with van der Waals surface area (Å²) in [5, 5.41) is 3.43. The molecule has 106 valence electrons. The summed E-state index contributed by atoms with van der Waals surface area (Å²) in [4.78, 5) is 0. The molecule has 0 spiro atoms. The van der Waals surface area contributed by atoms with Crippen molar-refractivity contribution in [3.8, 4) is 5.75 Å². The molecule has 2 heteroatoms. The maximum atomic E-state index is 5.87. The number of hydrogen-bond donors (Lipinski definition) is 1. The van der Waals surface area contributed by atoms with Crippen LogP contribution >= 0.6 is 0 Å². The summed E-state index contributed by atoms with van der Waals surface area (Å²) in [5.41, 5.74) is 3.03. The van der Waals surface area contributed by atoms with Gasteiger partial charge in [0.25, 0.3) is 0 Å². The number of aryl methyl sites for hydroxylation is 2. The van der Waals surface area contributed by atoms with Gasteiger partial charge in [-0.05, 0) is 75.3 Å². The van der Waals surface area contributed by atoms with Gasteiger partial charge in [0.1, 0.15) is 5.75 Å². The molecular formula is C17H27NO. The van der Waals surface area contributed by atoms with Crippen LogP contribution in [0.2, 0.25) is 0 Å². The van der Waals surface area contributed by atoms with Crippen LogP contribution in [-0.2, 0) is 12.8 Å². The van der Waals surface area contributed by atoms with E-state index in [-0.39, 0.29) is 0 Å². The standard InChI is InChI=1S/C17H27NO/c1-3-18-14(2)7-6-12-19-17-11-10-15-8-4-5-9-16(15)13-17/h10-11,13-14,18H,3-9,12H2,1-2H3. The van der Waals surface area contributed by atoms with E-state index in [2.05, 4.69) is 37.4 Å². The number of hydrogen-bond acceptors (Lipinski definition) is 2. The van der Waals surface area contributed by atoms with Gasteiger partial charge in [-0.25, -0.2) is 0 Å². The monoisotopic (exact) mass is 261 g/mol. The molecule has 1 unspecified atom stereocenters. The van der Waals surface area contributed by atoms with Gasteiger partial charge in [0.05, 0.1) is 6.61 Å². The highest BCUT2D eigenvalue weighted by atomic mass is 16.5. The topological polar surface area (TPSA) is 21.3 Å². The van der Waals surface area contributed by atoms with Crippen molar-refractivity contribution in [3.63, 3.8) is 0 Å². The molecule has 2 nitrogen and oxygen atoms in total. The van der Waals surface area contributed by atoms with E-state index in [0.29, 0.717) is 6.04 Å². The van der Waals surface area contributed by atoms with Gasteiger partial charge in [-0.1, -0.05) is 13.0 Å². The molecule has 0 radical (unpaired) electrons. The van der Waals surface area contributed by atoms with Gasteiger partial charge in [-0.15, -0.1) is 0 Å². The van der Waals surface area contributed by atoms with Crippen molar-refractivity contribution in [2.24, 2.45) is 0 Å². The first-order valence-electron chi connectivity index (χ1n) is 7.77. The highest BCUT2D eigenvalue weighted by Gasteiger charge is 2.09. The van der Waals surface area contributed by atoms with E-state index in [9.17, 15) is 0 Å². The molecule has 0 bridgehead atoms. The van der Waals surface area contributed by atoms with Crippen molar-refractivity contribution in [1.82, 2.24) is 5.32 Å². The number of rotatable bonds is 7. The number of ether oxygens (including phenoxy) is 1. The molecule has 0 fully saturated rings. The maximum absolute atomic E-state index is 5.87. The molecule has 0 saturated carbocycles. The second-order valence-corrected chi connectivity index (χ2v) is 5.59. The van der Waals surface area contributed by atoms with Gasteiger partial charge in [0.15, 0.2) is 0 Å². The average Bonchev–Trinajstić information content (AvgIpc) is 2.44. The average molecular weight is 261 g/mol. The Kier molecular flexibility index (Phi) is 5.71. The number of fused-ring (bicyclic) bond motifs is 1. The van der Waals surface area contributed by atoms with Crippen LogP contribution in [0.15, 0.2) is 18.2 Å². The van der Waals surface area contributed by atoms with Crippen molar-refractivity contribution < 1.29 is 4.74 Å². The van der Waals surface area contributed by atoms with Crippen LogP contribution in [0.1, 0.15) is 50.7 Å². The summed E-state index contributed by atoms with van der Waals surface area (Å²) in [5.74, 6) is 1.05. The van der Waals surface area contributed by atoms with E-state index in [1.54, 1.807) is 0 Å². The Morgan fingerprint density at radius 1 is 1.21 bits per heavy atom. The fraction of sp³-hybridized carbons (Fsp3) is 0.647. The third-order valence-corrected chi connectivity index (χ3v) is 3.92. The minimum absolute atomic E-state index is 0.595. The lowest BCUT2D eigenvalue weighted by Crippen LogP contribution is -2.25. The molecule has 19 heavy (non-hydrogen) atoms. The Hall–Kier alpha value is -1.02. The largest absolute Gasteiger partial charge is 0.494 e. The molecular weight excluding hydrogens is 234 g/mol. The Labute approximate surface area is 117 Å². The third-order valence-electron chi connectivity index (χ3n) is 3.92. The van der Waals surface area contributed by atoms with Gasteiger partial charge < -0.3 is 10.1 Å². The lowest BCUT2D eigenvalue weighted by atomic mass is 9.92. The third kappa shape index (κ3) is 4.54. The molecule has 0 aromatic heterocycles. The lowest BCUT2D eigenvalue weighted by Gasteiger charge is -2.17. The Morgan fingerprint density at radius 2 is 2.00 bits per heavy atom. The summed E-state index contributed by atoms with van der Waals surface area (Å²) in [7, 11) is 0. The van der Waals surface area contributed by atoms with Gasteiger partial charge in [-0.3, -0.25) is 0 Å². The predicted octanol–water partition coefficient (Wildman–Crippen LogP) is 3.72. The zero-order valence-corrected chi connectivity index (χ0v) is 12.4. The summed E-state index contributed by atoms with van der Waals surface area (Å²) in [6.07, 6.45) is 7.44. The molecule has 0 saturated heterocycles. The van der Waals surface area contributed by atoms with E-state index in [0.717, 1.165) is 25.3 Å². The van der Waals surface area contributed by atoms with Crippen molar-refractivity contribution in [3.05, 3.63) is 29.3 Å². The predicted molar refractivity (Wildman–Crippen MR) is 81.0 cm³/mol. The van der Waals surface area contributed by atoms with Crippen LogP contribution in [0.5, 0.6) is 5.75 Å². The van der Waals surface area contributed by atoms with Crippen LogP contribution in [0.4, 0.5) is 0 Å². The second-order valence-electron chi connectivity index (χ2n) is 5.59. The Bertz CT molecular complexity index is 389. The van der Waals surface area contributed by atoms with Crippen LogP contribution in [0.25, 0.3) is 0 Å². The lowest BCUT2D eigenvalue weighted by molar-refractivity contribution is 0.298. The molecule has 1 aromatic rings. The SMILES string of the molecule is CCNC(C)CCCOc1ccc2c(c1)CCCC2. The summed E-state index contributed by atoms with van der Waals surface area (Å²) in [6, 6.07) is 7.24. The first-order valence-corrected chi connectivity index (χ1v) is 7.77. The van der Waals surface area contributed by atoms with E-state index in [1.807, 2.05) is 0 Å². The normalized spacial score (nSPS) is 15.9. The molecule has 0 heterocycles. The van der Waals surface area contributed by atoms with Gasteiger partial charge in [0.2, 0.25) is 0 Å². The van der Waals surface area contributed by atoms with Crippen molar-refractivity contribution >= 4 is 0 Å². The van der Waals surface area contributed by atoms with Crippen LogP contribution in [-0.4, -0.2) is 19.2 Å². The van der Waals surface area contributed by atoms with Gasteiger partial charge >= 0.3 is 0 Å². The first kappa shape index (κ1) is 14.4. The summed E-state index contributed by atoms with van der Waals surface area (Å²) < 4.78 is 5.87.